The highest BCUT2D eigenvalue weighted by Crippen LogP contribution is 2.34. The van der Waals surface area contributed by atoms with Gasteiger partial charge in [0.2, 0.25) is 0 Å². The van der Waals surface area contributed by atoms with E-state index in [1.165, 1.54) is 0 Å². The molecule has 0 bridgehead atoms. The van der Waals surface area contributed by atoms with E-state index >= 15 is 0 Å². The molecule has 0 amide bonds. The van der Waals surface area contributed by atoms with Crippen LogP contribution in [0.2, 0.25) is 5.15 Å². The van der Waals surface area contributed by atoms with E-state index < -0.39 is 0 Å². The molecule has 0 aliphatic heterocycles. The lowest BCUT2D eigenvalue weighted by Crippen LogP contribution is -2.09. The zero-order valence-electron chi connectivity index (χ0n) is 9.89. The molecule has 0 unspecified atom stereocenters. The molecule has 0 N–H and O–H groups in total. The van der Waals surface area contributed by atoms with Crippen molar-refractivity contribution in [3.63, 3.8) is 0 Å². The molecule has 1 heterocycles. The molecule has 0 atom stereocenters. The molecule has 0 aliphatic carbocycles. The average molecular weight is 245 g/mol. The second kappa shape index (κ2) is 4.71. The molecule has 0 fully saturated rings. The summed E-state index contributed by atoms with van der Waals surface area (Å²) in [5.74, 6) is 0.817. The molecule has 1 aromatic heterocycles. The molecule has 1 aromatic rings. The van der Waals surface area contributed by atoms with Gasteiger partial charge in [-0.15, -0.1) is 11.8 Å². The van der Waals surface area contributed by atoms with E-state index in [4.69, 9.17) is 11.6 Å². The second-order valence-electron chi connectivity index (χ2n) is 4.43. The Kier molecular flexibility index (Phi) is 4.01. The first-order valence-electron chi connectivity index (χ1n) is 5.05. The van der Waals surface area contributed by atoms with Gasteiger partial charge in [-0.05, 0) is 6.92 Å². The van der Waals surface area contributed by atoms with Gasteiger partial charge in [0.1, 0.15) is 16.0 Å². The molecule has 84 valence electrons. The Balaban J connectivity index is 3.11. The number of aromatic nitrogens is 2. The van der Waals surface area contributed by atoms with Gasteiger partial charge >= 0.3 is 0 Å². The highest BCUT2D eigenvalue weighted by Gasteiger charge is 2.17. The summed E-state index contributed by atoms with van der Waals surface area (Å²) >= 11 is 7.80. The number of rotatable bonds is 2. The molecule has 2 nitrogen and oxygen atoms in total. The van der Waals surface area contributed by atoms with Crippen molar-refractivity contribution in [3.05, 3.63) is 16.5 Å². The van der Waals surface area contributed by atoms with Crippen LogP contribution in [0.4, 0.5) is 0 Å². The lowest BCUT2D eigenvalue weighted by Gasteiger charge is -2.18. The Morgan fingerprint density at radius 1 is 1.27 bits per heavy atom. The summed E-state index contributed by atoms with van der Waals surface area (Å²) in [6.07, 6.45) is 0.817. The quantitative estimate of drug-likeness (QED) is 0.583. The van der Waals surface area contributed by atoms with Crippen LogP contribution in [0.25, 0.3) is 0 Å². The zero-order chi connectivity index (χ0) is 11.6. The predicted molar refractivity (Wildman–Crippen MR) is 66.8 cm³/mol. The fourth-order valence-electron chi connectivity index (χ4n) is 1.06. The summed E-state index contributed by atoms with van der Waals surface area (Å²) < 4.78 is 0.146. The van der Waals surface area contributed by atoms with Gasteiger partial charge in [-0.25, -0.2) is 9.97 Å². The van der Waals surface area contributed by atoms with Gasteiger partial charge in [-0.1, -0.05) is 39.3 Å². The molecule has 0 saturated carbocycles. The van der Waals surface area contributed by atoms with Crippen molar-refractivity contribution >= 4 is 23.4 Å². The molecule has 15 heavy (non-hydrogen) atoms. The Morgan fingerprint density at radius 2 is 1.87 bits per heavy atom. The van der Waals surface area contributed by atoms with Crippen molar-refractivity contribution in [3.8, 4) is 0 Å². The predicted octanol–water partition coefficient (Wildman–Crippen LogP) is 3.89. The van der Waals surface area contributed by atoms with E-state index in [1.807, 2.05) is 13.8 Å². The van der Waals surface area contributed by atoms with E-state index in [0.717, 1.165) is 22.8 Å². The van der Waals surface area contributed by atoms with E-state index in [-0.39, 0.29) is 4.75 Å². The van der Waals surface area contributed by atoms with Crippen LogP contribution in [-0.4, -0.2) is 14.7 Å². The Hall–Kier alpha value is -0.280. The third-order valence-corrected chi connectivity index (χ3v) is 3.38. The lowest BCUT2D eigenvalue weighted by molar-refractivity contribution is 0.791. The molecule has 0 radical (unpaired) electrons. The average Bonchev–Trinajstić information content (AvgIpc) is 2.10. The Labute approximate surface area is 101 Å². The summed E-state index contributed by atoms with van der Waals surface area (Å²) in [6.45, 7) is 10.5. The molecule has 0 saturated heterocycles. The zero-order valence-corrected chi connectivity index (χ0v) is 11.5. The van der Waals surface area contributed by atoms with Crippen molar-refractivity contribution < 1.29 is 0 Å². The van der Waals surface area contributed by atoms with Crippen molar-refractivity contribution in [2.45, 2.75) is 50.8 Å². The fourth-order valence-corrected chi connectivity index (χ4v) is 2.28. The largest absolute Gasteiger partial charge is 0.226 e. The number of nitrogens with zero attached hydrogens (tertiary/aromatic N) is 2. The van der Waals surface area contributed by atoms with Crippen LogP contribution in [0, 0.1) is 6.92 Å². The number of hydrogen-bond acceptors (Lipinski definition) is 3. The minimum absolute atomic E-state index is 0.146. The maximum Gasteiger partial charge on any atom is 0.136 e. The van der Waals surface area contributed by atoms with Crippen LogP contribution >= 0.6 is 23.4 Å². The van der Waals surface area contributed by atoms with Gasteiger partial charge in [-0.3, -0.25) is 0 Å². The van der Waals surface area contributed by atoms with Crippen LogP contribution in [-0.2, 0) is 6.42 Å². The van der Waals surface area contributed by atoms with E-state index in [1.54, 1.807) is 11.8 Å². The van der Waals surface area contributed by atoms with E-state index in [9.17, 15) is 0 Å². The van der Waals surface area contributed by atoms with E-state index in [2.05, 4.69) is 30.7 Å². The second-order valence-corrected chi connectivity index (χ2v) is 6.60. The molecular formula is C11H17ClN2S. The van der Waals surface area contributed by atoms with Crippen molar-refractivity contribution in [2.75, 3.05) is 0 Å². The summed E-state index contributed by atoms with van der Waals surface area (Å²) in [5.41, 5.74) is 0.980. The minimum Gasteiger partial charge on any atom is -0.226 e. The summed E-state index contributed by atoms with van der Waals surface area (Å²) in [5, 5.41) is 1.58. The molecule has 0 aliphatic rings. The maximum atomic E-state index is 6.06. The number of hydrogen-bond donors (Lipinski definition) is 0. The normalized spacial score (nSPS) is 11.9. The molecule has 0 spiro atoms. The van der Waals surface area contributed by atoms with Crippen LogP contribution in [0.1, 0.15) is 39.1 Å². The Morgan fingerprint density at radius 3 is 2.33 bits per heavy atom. The highest BCUT2D eigenvalue weighted by molar-refractivity contribution is 8.00. The van der Waals surface area contributed by atoms with Crippen LogP contribution in [0.5, 0.6) is 0 Å². The minimum atomic E-state index is 0.146. The standard InChI is InChI=1S/C11H17ClN2S/c1-6-8-13-9(12)7(2)10(14-8)15-11(3,4)5/h6H2,1-5H3. The fraction of sp³-hybridized carbons (Fsp3) is 0.636. The third-order valence-electron chi connectivity index (χ3n) is 1.81. The van der Waals surface area contributed by atoms with Gasteiger partial charge in [0, 0.05) is 16.7 Å². The van der Waals surface area contributed by atoms with Gasteiger partial charge in [0.05, 0.1) is 0 Å². The molecular weight excluding hydrogens is 228 g/mol. The van der Waals surface area contributed by atoms with Crippen molar-refractivity contribution in [1.29, 1.82) is 0 Å². The monoisotopic (exact) mass is 244 g/mol. The first-order chi connectivity index (χ1) is 6.83. The summed E-state index contributed by atoms with van der Waals surface area (Å²) in [7, 11) is 0. The lowest BCUT2D eigenvalue weighted by atomic mass is 10.3. The summed E-state index contributed by atoms with van der Waals surface area (Å²) in [6, 6.07) is 0. The number of thioether (sulfide) groups is 1. The van der Waals surface area contributed by atoms with E-state index in [0.29, 0.717) is 5.15 Å². The van der Waals surface area contributed by atoms with Crippen LogP contribution < -0.4 is 0 Å². The number of halogens is 1. The van der Waals surface area contributed by atoms with Gasteiger partial charge in [-0.2, -0.15) is 0 Å². The van der Waals surface area contributed by atoms with Crippen LogP contribution in [0.3, 0.4) is 0 Å². The maximum absolute atomic E-state index is 6.06. The molecule has 4 heteroatoms. The topological polar surface area (TPSA) is 25.8 Å². The summed E-state index contributed by atoms with van der Waals surface area (Å²) in [4.78, 5) is 8.73. The van der Waals surface area contributed by atoms with Crippen LogP contribution in [0.15, 0.2) is 5.03 Å². The molecule has 1 rings (SSSR count). The smallest absolute Gasteiger partial charge is 0.136 e. The van der Waals surface area contributed by atoms with Gasteiger partial charge in [0.15, 0.2) is 0 Å². The Bertz CT molecular complexity index is 358. The van der Waals surface area contributed by atoms with Crippen molar-refractivity contribution in [1.82, 2.24) is 9.97 Å². The SMILES string of the molecule is CCc1nc(Cl)c(C)c(SC(C)(C)C)n1. The first kappa shape index (κ1) is 12.8. The van der Waals surface area contributed by atoms with Gasteiger partial charge < -0.3 is 0 Å². The van der Waals surface area contributed by atoms with Crippen molar-refractivity contribution in [2.24, 2.45) is 0 Å². The highest BCUT2D eigenvalue weighted by atomic mass is 35.5. The number of aryl methyl sites for hydroxylation is 1. The molecule has 0 aromatic carbocycles. The van der Waals surface area contributed by atoms with Gasteiger partial charge in [0.25, 0.3) is 0 Å². The first-order valence-corrected chi connectivity index (χ1v) is 6.25. The third kappa shape index (κ3) is 3.65.